The molecule has 0 radical (unpaired) electrons. The van der Waals surface area contributed by atoms with E-state index in [0.717, 1.165) is 30.7 Å². The van der Waals surface area contributed by atoms with Crippen molar-refractivity contribution >= 4 is 16.9 Å². The zero-order valence-corrected chi connectivity index (χ0v) is 12.8. The molecule has 1 amide bonds. The number of hydrogen-bond donors (Lipinski definition) is 3. The van der Waals surface area contributed by atoms with Gasteiger partial charge in [0, 0.05) is 11.9 Å². The van der Waals surface area contributed by atoms with Crippen LogP contribution in [-0.4, -0.2) is 36.2 Å². The summed E-state index contributed by atoms with van der Waals surface area (Å²) in [5, 5.41) is 17.6. The molecule has 1 aliphatic rings. The Hall–Kier alpha value is -1.85. The Morgan fingerprint density at radius 3 is 3.14 bits per heavy atom. The highest BCUT2D eigenvalue weighted by molar-refractivity contribution is 6.05. The molecule has 2 heterocycles. The summed E-state index contributed by atoms with van der Waals surface area (Å²) >= 11 is 0. The average Bonchev–Trinajstić information content (AvgIpc) is 2.74. The van der Waals surface area contributed by atoms with E-state index in [1.807, 2.05) is 25.1 Å². The maximum absolute atomic E-state index is 12.4. The molecule has 1 atom stereocenters. The van der Waals surface area contributed by atoms with Gasteiger partial charge in [0.2, 0.25) is 0 Å². The fourth-order valence-corrected chi connectivity index (χ4v) is 3.00. The molecule has 3 rings (SSSR count). The third-order valence-corrected chi connectivity index (χ3v) is 4.25. The highest BCUT2D eigenvalue weighted by atomic mass is 16.3. The molecule has 1 saturated heterocycles. The van der Waals surface area contributed by atoms with E-state index < -0.39 is 5.60 Å². The van der Waals surface area contributed by atoms with Gasteiger partial charge in [0.05, 0.1) is 11.2 Å². The van der Waals surface area contributed by atoms with Gasteiger partial charge in [0.15, 0.2) is 0 Å². The lowest BCUT2D eigenvalue weighted by atomic mass is 9.95. The van der Waals surface area contributed by atoms with Gasteiger partial charge in [-0.15, -0.1) is 0 Å². The Labute approximate surface area is 129 Å². The molecule has 118 valence electrons. The average molecular weight is 302 g/mol. The molecule has 5 nitrogen and oxygen atoms in total. The number of para-hydroxylation sites is 1. The number of fused-ring (bicyclic) bond motifs is 1. The summed E-state index contributed by atoms with van der Waals surface area (Å²) in [7, 11) is 0. The van der Waals surface area contributed by atoms with Crippen LogP contribution >= 0.6 is 0 Å². The Balaban J connectivity index is 1.73. The predicted octanol–water partition coefficient (Wildman–Crippen LogP) is 1.98. The molecule has 1 aromatic heterocycles. The van der Waals surface area contributed by atoms with E-state index in [9.17, 15) is 9.90 Å². The first kappa shape index (κ1) is 15.1. The van der Waals surface area contributed by atoms with Gasteiger partial charge >= 0.3 is 0 Å². The van der Waals surface area contributed by atoms with Crippen LogP contribution in [0, 0.1) is 6.92 Å². The van der Waals surface area contributed by atoms with Crippen LogP contribution in [0.25, 0.3) is 11.0 Å². The molecule has 5 heteroatoms. The molecule has 1 aromatic carbocycles. The lowest BCUT2D eigenvalue weighted by Crippen LogP contribution is -2.43. The third kappa shape index (κ3) is 3.15. The number of carbonyl (C=O) groups is 1. The van der Waals surface area contributed by atoms with E-state index in [-0.39, 0.29) is 12.5 Å². The molecule has 22 heavy (non-hydrogen) atoms. The van der Waals surface area contributed by atoms with E-state index in [1.165, 1.54) is 0 Å². The topological polar surface area (TPSA) is 74.5 Å². The number of aliphatic hydroxyl groups is 1. The van der Waals surface area contributed by atoms with E-state index in [1.54, 1.807) is 6.07 Å². The molecule has 3 N–H and O–H groups in total. The number of furan rings is 1. The third-order valence-electron chi connectivity index (χ3n) is 4.25. The lowest BCUT2D eigenvalue weighted by Gasteiger charge is -2.26. The van der Waals surface area contributed by atoms with Crippen LogP contribution in [0.2, 0.25) is 0 Å². The van der Waals surface area contributed by atoms with E-state index in [0.29, 0.717) is 24.0 Å². The second-order valence-corrected chi connectivity index (χ2v) is 6.09. The van der Waals surface area contributed by atoms with Crippen molar-refractivity contribution in [3.05, 3.63) is 35.6 Å². The second kappa shape index (κ2) is 6.10. The summed E-state index contributed by atoms with van der Waals surface area (Å²) in [6, 6.07) is 7.43. The molecule has 0 spiro atoms. The van der Waals surface area contributed by atoms with Gasteiger partial charge in [0.1, 0.15) is 11.3 Å². The summed E-state index contributed by atoms with van der Waals surface area (Å²) in [5.74, 6) is 0.578. The van der Waals surface area contributed by atoms with Gasteiger partial charge < -0.3 is 20.2 Å². The summed E-state index contributed by atoms with van der Waals surface area (Å²) in [6.07, 6.45) is 2.26. The van der Waals surface area contributed by atoms with Crippen molar-refractivity contribution in [1.29, 1.82) is 0 Å². The zero-order chi connectivity index (χ0) is 15.6. The number of aryl methyl sites for hydroxylation is 1. The Morgan fingerprint density at radius 2 is 2.27 bits per heavy atom. The molecular formula is C17H22N2O3. The number of nitrogens with one attached hydrogen (secondary N) is 2. The maximum Gasteiger partial charge on any atom is 0.255 e. The molecule has 2 aromatic rings. The van der Waals surface area contributed by atoms with E-state index in [4.69, 9.17) is 4.42 Å². The number of benzene rings is 1. The van der Waals surface area contributed by atoms with Crippen LogP contribution in [0.4, 0.5) is 0 Å². The first-order valence-electron chi connectivity index (χ1n) is 7.78. The van der Waals surface area contributed by atoms with Crippen LogP contribution in [-0.2, 0) is 0 Å². The Morgan fingerprint density at radius 1 is 1.41 bits per heavy atom. The number of carbonyl (C=O) groups excluding carboxylic acids is 1. The summed E-state index contributed by atoms with van der Waals surface area (Å²) in [6.45, 7) is 3.83. The van der Waals surface area contributed by atoms with Crippen molar-refractivity contribution in [3.63, 3.8) is 0 Å². The number of amides is 1. The van der Waals surface area contributed by atoms with Gasteiger partial charge in [-0.05, 0) is 51.4 Å². The Bertz CT molecular complexity index is 670. The van der Waals surface area contributed by atoms with Crippen molar-refractivity contribution < 1.29 is 14.3 Å². The van der Waals surface area contributed by atoms with Crippen LogP contribution in [0.1, 0.15) is 35.4 Å². The van der Waals surface area contributed by atoms with E-state index >= 15 is 0 Å². The molecule has 0 saturated carbocycles. The van der Waals surface area contributed by atoms with Crippen LogP contribution in [0.15, 0.2) is 28.7 Å². The monoisotopic (exact) mass is 302 g/mol. The van der Waals surface area contributed by atoms with Crippen LogP contribution < -0.4 is 10.6 Å². The normalized spacial score (nSPS) is 22.5. The quantitative estimate of drug-likeness (QED) is 0.810. The molecule has 1 aliphatic heterocycles. The van der Waals surface area contributed by atoms with Crippen LogP contribution in [0.3, 0.4) is 0 Å². The van der Waals surface area contributed by atoms with Crippen molar-refractivity contribution in [2.24, 2.45) is 0 Å². The SMILES string of the molecule is Cc1cc2cccc(C(=O)NC[C@@]3(O)CCCNCC3)c2o1. The molecule has 1 fully saturated rings. The van der Waals surface area contributed by atoms with Crippen molar-refractivity contribution in [1.82, 2.24) is 10.6 Å². The highest BCUT2D eigenvalue weighted by Gasteiger charge is 2.28. The molecular weight excluding hydrogens is 280 g/mol. The summed E-state index contributed by atoms with van der Waals surface area (Å²) in [4.78, 5) is 12.4. The van der Waals surface area contributed by atoms with Crippen molar-refractivity contribution in [2.45, 2.75) is 31.8 Å². The largest absolute Gasteiger partial charge is 0.461 e. The van der Waals surface area contributed by atoms with Gasteiger partial charge in [-0.3, -0.25) is 4.79 Å². The fraction of sp³-hybridized carbons (Fsp3) is 0.471. The molecule has 0 aliphatic carbocycles. The first-order chi connectivity index (χ1) is 10.6. The second-order valence-electron chi connectivity index (χ2n) is 6.09. The first-order valence-corrected chi connectivity index (χ1v) is 7.78. The van der Waals surface area contributed by atoms with Gasteiger partial charge in [-0.2, -0.15) is 0 Å². The van der Waals surface area contributed by atoms with E-state index in [2.05, 4.69) is 10.6 Å². The van der Waals surface area contributed by atoms with Crippen molar-refractivity contribution in [2.75, 3.05) is 19.6 Å². The maximum atomic E-state index is 12.4. The summed E-state index contributed by atoms with van der Waals surface area (Å²) in [5.41, 5.74) is 0.291. The standard InChI is InChI=1S/C17H22N2O3/c1-12-10-13-4-2-5-14(15(13)22-12)16(20)19-11-17(21)6-3-8-18-9-7-17/h2,4-5,10,18,21H,3,6-9,11H2,1H3,(H,19,20)/t17-/m1/s1. The minimum Gasteiger partial charge on any atom is -0.461 e. The minimum atomic E-state index is -0.827. The van der Waals surface area contributed by atoms with Gasteiger partial charge in [0.25, 0.3) is 5.91 Å². The number of hydrogen-bond acceptors (Lipinski definition) is 4. The van der Waals surface area contributed by atoms with Gasteiger partial charge in [-0.25, -0.2) is 0 Å². The highest BCUT2D eigenvalue weighted by Crippen LogP contribution is 2.23. The smallest absolute Gasteiger partial charge is 0.255 e. The van der Waals surface area contributed by atoms with Crippen LogP contribution in [0.5, 0.6) is 0 Å². The Kier molecular flexibility index (Phi) is 4.18. The minimum absolute atomic E-state index is 0.203. The van der Waals surface area contributed by atoms with Crippen molar-refractivity contribution in [3.8, 4) is 0 Å². The molecule has 0 unspecified atom stereocenters. The van der Waals surface area contributed by atoms with Gasteiger partial charge in [-0.1, -0.05) is 12.1 Å². The fourth-order valence-electron chi connectivity index (χ4n) is 3.00. The molecule has 0 bridgehead atoms. The summed E-state index contributed by atoms with van der Waals surface area (Å²) < 4.78 is 5.62. The zero-order valence-electron chi connectivity index (χ0n) is 12.8. The predicted molar refractivity (Wildman–Crippen MR) is 85.0 cm³/mol. The lowest BCUT2D eigenvalue weighted by molar-refractivity contribution is 0.0276. The number of rotatable bonds is 3.